The molecular weight excluding hydrogens is 250 g/mol. The summed E-state index contributed by atoms with van der Waals surface area (Å²) in [6.45, 7) is 6.47. The number of piperazine rings is 1. The fraction of sp³-hybridized carbons (Fsp3) is 0.562. The average molecular weight is 273 g/mol. The highest BCUT2D eigenvalue weighted by molar-refractivity contribution is 5.95. The van der Waals surface area contributed by atoms with E-state index in [1.165, 1.54) is 5.56 Å². The first-order valence-corrected chi connectivity index (χ1v) is 7.58. The number of hydrogen-bond acceptors (Lipinski definition) is 3. The standard InChI is InChI=1S/C16H23N3O/c1-13-11-18(10-8-17-13)12-16(20)19-9-4-6-14-5-2-3-7-15(14)19/h2-3,5,7,13,17H,4,6,8-12H2,1H3. The zero-order valence-electron chi connectivity index (χ0n) is 12.1. The topological polar surface area (TPSA) is 35.6 Å². The van der Waals surface area contributed by atoms with Crippen molar-refractivity contribution in [2.45, 2.75) is 25.8 Å². The lowest BCUT2D eigenvalue weighted by atomic mass is 10.0. The van der Waals surface area contributed by atoms with Gasteiger partial charge in [-0.2, -0.15) is 0 Å². The Balaban J connectivity index is 1.69. The molecule has 0 aromatic heterocycles. The highest BCUT2D eigenvalue weighted by Gasteiger charge is 2.25. The molecule has 3 rings (SSSR count). The molecule has 1 saturated heterocycles. The van der Waals surface area contributed by atoms with E-state index in [0.717, 1.165) is 44.7 Å². The molecule has 1 fully saturated rings. The van der Waals surface area contributed by atoms with E-state index in [1.807, 2.05) is 11.0 Å². The zero-order valence-corrected chi connectivity index (χ0v) is 12.1. The Kier molecular flexibility index (Phi) is 4.03. The summed E-state index contributed by atoms with van der Waals surface area (Å²) in [5.74, 6) is 0.242. The lowest BCUT2D eigenvalue weighted by Gasteiger charge is -2.35. The van der Waals surface area contributed by atoms with E-state index in [9.17, 15) is 4.79 Å². The summed E-state index contributed by atoms with van der Waals surface area (Å²) < 4.78 is 0. The normalized spacial score (nSPS) is 23.4. The number of carbonyl (C=O) groups is 1. The van der Waals surface area contributed by atoms with E-state index in [1.54, 1.807) is 0 Å². The Morgan fingerprint density at radius 2 is 2.20 bits per heavy atom. The van der Waals surface area contributed by atoms with Crippen molar-refractivity contribution >= 4 is 11.6 Å². The molecule has 1 amide bonds. The summed E-state index contributed by atoms with van der Waals surface area (Å²) in [5, 5.41) is 3.41. The van der Waals surface area contributed by atoms with Gasteiger partial charge in [-0.1, -0.05) is 18.2 Å². The van der Waals surface area contributed by atoms with E-state index in [-0.39, 0.29) is 5.91 Å². The minimum atomic E-state index is 0.242. The number of fused-ring (bicyclic) bond motifs is 1. The van der Waals surface area contributed by atoms with Gasteiger partial charge in [-0.05, 0) is 31.4 Å². The minimum Gasteiger partial charge on any atom is -0.312 e. The molecular formula is C16H23N3O. The Morgan fingerprint density at radius 1 is 1.35 bits per heavy atom. The Hall–Kier alpha value is -1.39. The van der Waals surface area contributed by atoms with Gasteiger partial charge in [0, 0.05) is 37.9 Å². The van der Waals surface area contributed by atoms with Crippen LogP contribution in [0.25, 0.3) is 0 Å². The molecule has 2 aliphatic rings. The van der Waals surface area contributed by atoms with Crippen molar-refractivity contribution in [3.05, 3.63) is 29.8 Å². The van der Waals surface area contributed by atoms with Crippen LogP contribution >= 0.6 is 0 Å². The van der Waals surface area contributed by atoms with Crippen molar-refractivity contribution in [3.63, 3.8) is 0 Å². The van der Waals surface area contributed by atoms with Gasteiger partial charge >= 0.3 is 0 Å². The molecule has 0 spiro atoms. The Bertz CT molecular complexity index is 488. The van der Waals surface area contributed by atoms with Crippen molar-refractivity contribution in [3.8, 4) is 0 Å². The average Bonchev–Trinajstić information content (AvgIpc) is 2.46. The van der Waals surface area contributed by atoms with Crippen LogP contribution in [0.4, 0.5) is 5.69 Å². The number of aryl methyl sites for hydroxylation is 1. The van der Waals surface area contributed by atoms with E-state index in [4.69, 9.17) is 0 Å². The van der Waals surface area contributed by atoms with Crippen LogP contribution in [0.2, 0.25) is 0 Å². The maximum absolute atomic E-state index is 12.6. The molecule has 1 aromatic rings. The van der Waals surface area contributed by atoms with Gasteiger partial charge in [-0.25, -0.2) is 0 Å². The molecule has 0 radical (unpaired) electrons. The number of anilines is 1. The first kappa shape index (κ1) is 13.6. The van der Waals surface area contributed by atoms with E-state index in [0.29, 0.717) is 12.6 Å². The SMILES string of the molecule is CC1CN(CC(=O)N2CCCc3ccccc32)CCN1. The van der Waals surface area contributed by atoms with Crippen LogP contribution in [0.1, 0.15) is 18.9 Å². The van der Waals surface area contributed by atoms with Crippen LogP contribution in [-0.2, 0) is 11.2 Å². The van der Waals surface area contributed by atoms with Crippen LogP contribution in [-0.4, -0.2) is 49.6 Å². The smallest absolute Gasteiger partial charge is 0.241 e. The van der Waals surface area contributed by atoms with Gasteiger partial charge in [0.15, 0.2) is 0 Å². The van der Waals surface area contributed by atoms with Crippen molar-refractivity contribution in [1.29, 1.82) is 0 Å². The predicted molar refractivity (Wildman–Crippen MR) is 81.0 cm³/mol. The third-order valence-electron chi connectivity index (χ3n) is 4.22. The number of benzene rings is 1. The lowest BCUT2D eigenvalue weighted by molar-refractivity contribution is -0.120. The largest absolute Gasteiger partial charge is 0.312 e. The van der Waals surface area contributed by atoms with Gasteiger partial charge in [-0.3, -0.25) is 9.69 Å². The first-order valence-electron chi connectivity index (χ1n) is 7.58. The molecule has 2 heterocycles. The highest BCUT2D eigenvalue weighted by atomic mass is 16.2. The fourth-order valence-electron chi connectivity index (χ4n) is 3.23. The molecule has 2 aliphatic heterocycles. The fourth-order valence-corrected chi connectivity index (χ4v) is 3.23. The number of rotatable bonds is 2. The molecule has 0 aliphatic carbocycles. The number of nitrogens with zero attached hydrogens (tertiary/aromatic N) is 2. The van der Waals surface area contributed by atoms with E-state index in [2.05, 4.69) is 35.3 Å². The summed E-state index contributed by atoms with van der Waals surface area (Å²) in [6, 6.07) is 8.78. The van der Waals surface area contributed by atoms with Crippen LogP contribution in [0.15, 0.2) is 24.3 Å². The maximum atomic E-state index is 12.6. The van der Waals surface area contributed by atoms with Crippen molar-refractivity contribution in [2.75, 3.05) is 37.6 Å². The highest BCUT2D eigenvalue weighted by Crippen LogP contribution is 2.26. The van der Waals surface area contributed by atoms with Gasteiger partial charge in [0.25, 0.3) is 0 Å². The van der Waals surface area contributed by atoms with Crippen LogP contribution in [0.5, 0.6) is 0 Å². The molecule has 1 N–H and O–H groups in total. The van der Waals surface area contributed by atoms with E-state index < -0.39 is 0 Å². The molecule has 4 nitrogen and oxygen atoms in total. The molecule has 0 saturated carbocycles. The van der Waals surface area contributed by atoms with E-state index >= 15 is 0 Å². The molecule has 1 unspecified atom stereocenters. The molecule has 1 atom stereocenters. The Labute approximate surface area is 120 Å². The number of amides is 1. The molecule has 1 aromatic carbocycles. The van der Waals surface area contributed by atoms with Gasteiger partial charge in [0.1, 0.15) is 0 Å². The van der Waals surface area contributed by atoms with Crippen molar-refractivity contribution in [2.24, 2.45) is 0 Å². The van der Waals surface area contributed by atoms with Crippen LogP contribution in [0.3, 0.4) is 0 Å². The summed E-state index contributed by atoms with van der Waals surface area (Å²) in [6.07, 6.45) is 2.16. The molecule has 108 valence electrons. The Morgan fingerprint density at radius 3 is 3.05 bits per heavy atom. The minimum absolute atomic E-state index is 0.242. The quantitative estimate of drug-likeness (QED) is 0.881. The second-order valence-corrected chi connectivity index (χ2v) is 5.87. The molecule has 20 heavy (non-hydrogen) atoms. The number of carbonyl (C=O) groups excluding carboxylic acids is 1. The van der Waals surface area contributed by atoms with Gasteiger partial charge in [0.05, 0.1) is 6.54 Å². The predicted octanol–water partition coefficient (Wildman–Crippen LogP) is 1.26. The van der Waals surface area contributed by atoms with Crippen molar-refractivity contribution in [1.82, 2.24) is 10.2 Å². The number of para-hydroxylation sites is 1. The van der Waals surface area contributed by atoms with Crippen LogP contribution < -0.4 is 10.2 Å². The molecule has 4 heteroatoms. The van der Waals surface area contributed by atoms with Crippen LogP contribution in [0, 0.1) is 0 Å². The summed E-state index contributed by atoms with van der Waals surface area (Å²) >= 11 is 0. The second-order valence-electron chi connectivity index (χ2n) is 5.87. The first-order chi connectivity index (χ1) is 9.74. The lowest BCUT2D eigenvalue weighted by Crippen LogP contribution is -2.52. The third-order valence-corrected chi connectivity index (χ3v) is 4.22. The van der Waals surface area contributed by atoms with Gasteiger partial charge < -0.3 is 10.2 Å². The van der Waals surface area contributed by atoms with Gasteiger partial charge in [-0.15, -0.1) is 0 Å². The second kappa shape index (κ2) is 5.94. The summed E-state index contributed by atoms with van der Waals surface area (Å²) in [7, 11) is 0. The van der Waals surface area contributed by atoms with Gasteiger partial charge in [0.2, 0.25) is 5.91 Å². The summed E-state index contributed by atoms with van der Waals surface area (Å²) in [4.78, 5) is 16.8. The third kappa shape index (κ3) is 2.86. The summed E-state index contributed by atoms with van der Waals surface area (Å²) in [5.41, 5.74) is 2.42. The zero-order chi connectivity index (χ0) is 13.9. The molecule has 0 bridgehead atoms. The van der Waals surface area contributed by atoms with Crippen molar-refractivity contribution < 1.29 is 4.79 Å². The monoisotopic (exact) mass is 273 g/mol. The number of hydrogen-bond donors (Lipinski definition) is 1. The number of nitrogens with one attached hydrogen (secondary N) is 1. The maximum Gasteiger partial charge on any atom is 0.241 e.